The van der Waals surface area contributed by atoms with Gasteiger partial charge in [0.25, 0.3) is 0 Å². The quantitative estimate of drug-likeness (QED) is 0.727. The van der Waals surface area contributed by atoms with Gasteiger partial charge in [-0.05, 0) is 41.0 Å². The fraction of sp³-hybridized carbons (Fsp3) is 0.385. The molecule has 0 aliphatic rings. The first-order valence-electron chi connectivity index (χ1n) is 6.36. The van der Waals surface area contributed by atoms with Gasteiger partial charge in [0, 0.05) is 15.9 Å². The van der Waals surface area contributed by atoms with Gasteiger partial charge in [0.1, 0.15) is 6.54 Å². The first kappa shape index (κ1) is 15.9. The summed E-state index contributed by atoms with van der Waals surface area (Å²) in [4.78, 5) is 11.2. The fourth-order valence-corrected chi connectivity index (χ4v) is 2.64. The van der Waals surface area contributed by atoms with E-state index in [0.29, 0.717) is 12.2 Å². The molecule has 0 aliphatic carbocycles. The summed E-state index contributed by atoms with van der Waals surface area (Å²) in [5.41, 5.74) is 1.08. The summed E-state index contributed by atoms with van der Waals surface area (Å²) < 4.78 is 7.01. The molecule has 0 atom stereocenters. The second-order valence-corrected chi connectivity index (χ2v) is 5.74. The summed E-state index contributed by atoms with van der Waals surface area (Å²) in [7, 11) is 1.34. The van der Waals surface area contributed by atoms with E-state index < -0.39 is 0 Å². The lowest BCUT2D eigenvalue weighted by atomic mass is 10.1. The Kier molecular flexibility index (Phi) is 5.69. The Morgan fingerprint density at radius 3 is 2.95 bits per heavy atom. The number of esters is 1. The molecule has 2 aromatic rings. The van der Waals surface area contributed by atoms with Crippen LogP contribution in [0.2, 0.25) is 5.02 Å². The van der Waals surface area contributed by atoms with Crippen molar-refractivity contribution in [1.29, 1.82) is 0 Å². The number of halogens is 2. The van der Waals surface area contributed by atoms with Crippen molar-refractivity contribution in [2.45, 2.75) is 25.8 Å². The largest absolute Gasteiger partial charge is 0.468 e. The Morgan fingerprint density at radius 1 is 1.43 bits per heavy atom. The first-order valence-corrected chi connectivity index (χ1v) is 7.53. The summed E-state index contributed by atoms with van der Waals surface area (Å²) in [5, 5.41) is 12.0. The highest BCUT2D eigenvalue weighted by molar-refractivity contribution is 9.10. The fourth-order valence-electron chi connectivity index (χ4n) is 1.87. The molecule has 1 aromatic heterocycles. The normalized spacial score (nSPS) is 10.6. The van der Waals surface area contributed by atoms with Gasteiger partial charge < -0.3 is 4.74 Å². The molecule has 0 amide bonds. The average Bonchev–Trinajstić information content (AvgIpc) is 2.88. The van der Waals surface area contributed by atoms with E-state index in [1.807, 2.05) is 18.2 Å². The van der Waals surface area contributed by atoms with Gasteiger partial charge in [-0.3, -0.25) is 4.79 Å². The van der Waals surface area contributed by atoms with Crippen LogP contribution in [0.5, 0.6) is 0 Å². The molecule has 1 aromatic carbocycles. The maximum Gasteiger partial charge on any atom is 0.327 e. The van der Waals surface area contributed by atoms with E-state index in [-0.39, 0.29) is 12.5 Å². The lowest BCUT2D eigenvalue weighted by Crippen LogP contribution is -2.15. The number of ether oxygens (including phenoxy) is 1. The molecule has 2 rings (SSSR count). The Hall–Kier alpha value is -1.47. The van der Waals surface area contributed by atoms with Gasteiger partial charge in [0.15, 0.2) is 5.82 Å². The summed E-state index contributed by atoms with van der Waals surface area (Å²) >= 11 is 9.55. The lowest BCUT2D eigenvalue weighted by Gasteiger charge is -2.05. The Balaban J connectivity index is 1.92. The number of tetrazole rings is 1. The van der Waals surface area contributed by atoms with Crippen molar-refractivity contribution >= 4 is 33.5 Å². The molecule has 6 nitrogen and oxygen atoms in total. The number of rotatable bonds is 6. The topological polar surface area (TPSA) is 69.9 Å². The molecule has 0 saturated heterocycles. The molecular weight excluding hydrogens is 360 g/mol. The molecule has 0 fully saturated rings. The van der Waals surface area contributed by atoms with Crippen LogP contribution < -0.4 is 0 Å². The van der Waals surface area contributed by atoms with Crippen molar-refractivity contribution in [3.05, 3.63) is 39.1 Å². The van der Waals surface area contributed by atoms with Crippen LogP contribution in [0, 0.1) is 0 Å². The minimum absolute atomic E-state index is 0.0257. The van der Waals surface area contributed by atoms with Gasteiger partial charge in [0.05, 0.1) is 7.11 Å². The Morgan fingerprint density at radius 2 is 2.24 bits per heavy atom. The van der Waals surface area contributed by atoms with Crippen LogP contribution in [0.25, 0.3) is 0 Å². The van der Waals surface area contributed by atoms with Crippen molar-refractivity contribution < 1.29 is 9.53 Å². The van der Waals surface area contributed by atoms with E-state index in [1.165, 1.54) is 11.8 Å². The monoisotopic (exact) mass is 372 g/mol. The van der Waals surface area contributed by atoms with Gasteiger partial charge >= 0.3 is 5.97 Å². The van der Waals surface area contributed by atoms with Crippen molar-refractivity contribution in [1.82, 2.24) is 20.2 Å². The van der Waals surface area contributed by atoms with E-state index in [4.69, 9.17) is 11.6 Å². The summed E-state index contributed by atoms with van der Waals surface area (Å²) in [6, 6.07) is 5.82. The second kappa shape index (κ2) is 7.51. The number of aryl methyl sites for hydroxylation is 2. The van der Waals surface area contributed by atoms with Crippen LogP contribution >= 0.6 is 27.5 Å². The van der Waals surface area contributed by atoms with E-state index in [9.17, 15) is 4.79 Å². The molecule has 21 heavy (non-hydrogen) atoms. The summed E-state index contributed by atoms with van der Waals surface area (Å²) in [6.07, 6.45) is 2.32. The molecule has 0 spiro atoms. The molecule has 0 N–H and O–H groups in total. The highest BCUT2D eigenvalue weighted by Gasteiger charge is 2.10. The molecule has 0 unspecified atom stereocenters. The zero-order valence-corrected chi connectivity index (χ0v) is 13.8. The molecule has 0 aliphatic heterocycles. The summed E-state index contributed by atoms with van der Waals surface area (Å²) in [5.74, 6) is 0.285. The maximum absolute atomic E-state index is 11.2. The number of aromatic nitrogens is 4. The van der Waals surface area contributed by atoms with Crippen LogP contribution in [0.3, 0.4) is 0 Å². The van der Waals surface area contributed by atoms with Crippen LogP contribution in [0.1, 0.15) is 17.8 Å². The summed E-state index contributed by atoms with van der Waals surface area (Å²) in [6.45, 7) is 0.0257. The number of methoxy groups -OCH3 is 1. The van der Waals surface area contributed by atoms with Crippen LogP contribution in [-0.2, 0) is 28.9 Å². The molecule has 1 heterocycles. The van der Waals surface area contributed by atoms with Crippen LogP contribution in [0.4, 0.5) is 0 Å². The Bertz CT molecular complexity index is 632. The molecular formula is C13H14BrClN4O2. The van der Waals surface area contributed by atoms with Crippen molar-refractivity contribution in [2.24, 2.45) is 0 Å². The molecule has 0 bridgehead atoms. The SMILES string of the molecule is COC(=O)Cn1nnnc1CCCc1ccc(Br)cc1Cl. The van der Waals surface area contributed by atoms with Crippen LogP contribution in [0.15, 0.2) is 22.7 Å². The average molecular weight is 374 g/mol. The number of nitrogens with zero attached hydrogens (tertiary/aromatic N) is 4. The van der Waals surface area contributed by atoms with E-state index in [0.717, 1.165) is 27.9 Å². The standard InChI is InChI=1S/C13H14BrClN4O2/c1-21-13(20)8-19-12(16-17-18-19)4-2-3-9-5-6-10(14)7-11(9)15/h5-7H,2-4,8H2,1H3. The third kappa shape index (κ3) is 4.50. The van der Waals surface area contributed by atoms with Gasteiger partial charge in [-0.15, -0.1) is 5.10 Å². The highest BCUT2D eigenvalue weighted by Crippen LogP contribution is 2.22. The third-order valence-electron chi connectivity index (χ3n) is 2.97. The maximum atomic E-state index is 11.2. The zero-order chi connectivity index (χ0) is 15.2. The number of carbonyl (C=O) groups is 1. The van der Waals surface area contributed by atoms with Gasteiger partial charge in [-0.2, -0.15) is 0 Å². The Labute approximate surface area is 135 Å². The lowest BCUT2D eigenvalue weighted by molar-refractivity contribution is -0.141. The minimum Gasteiger partial charge on any atom is -0.468 e. The highest BCUT2D eigenvalue weighted by atomic mass is 79.9. The van der Waals surface area contributed by atoms with Crippen molar-refractivity contribution in [2.75, 3.05) is 7.11 Å². The van der Waals surface area contributed by atoms with Gasteiger partial charge in [0.2, 0.25) is 0 Å². The molecule has 0 radical (unpaired) electrons. The number of benzene rings is 1. The number of hydrogen-bond acceptors (Lipinski definition) is 5. The predicted molar refractivity (Wildman–Crippen MR) is 81.0 cm³/mol. The van der Waals surface area contributed by atoms with Crippen molar-refractivity contribution in [3.63, 3.8) is 0 Å². The first-order chi connectivity index (χ1) is 10.1. The number of hydrogen-bond donors (Lipinski definition) is 0. The minimum atomic E-state index is -0.375. The van der Waals surface area contributed by atoms with Crippen molar-refractivity contribution in [3.8, 4) is 0 Å². The van der Waals surface area contributed by atoms with Crippen LogP contribution in [-0.4, -0.2) is 33.3 Å². The molecule has 0 saturated carbocycles. The zero-order valence-electron chi connectivity index (χ0n) is 11.4. The molecule has 112 valence electrons. The number of carbonyl (C=O) groups excluding carboxylic acids is 1. The van der Waals surface area contributed by atoms with Gasteiger partial charge in [-0.25, -0.2) is 4.68 Å². The molecule has 8 heteroatoms. The van der Waals surface area contributed by atoms with E-state index in [1.54, 1.807) is 0 Å². The van der Waals surface area contributed by atoms with E-state index in [2.05, 4.69) is 36.2 Å². The second-order valence-electron chi connectivity index (χ2n) is 4.42. The third-order valence-corrected chi connectivity index (χ3v) is 3.82. The van der Waals surface area contributed by atoms with E-state index >= 15 is 0 Å². The van der Waals surface area contributed by atoms with Gasteiger partial charge in [-0.1, -0.05) is 33.6 Å². The smallest absolute Gasteiger partial charge is 0.327 e. The predicted octanol–water partition coefficient (Wildman–Crippen LogP) is 2.44.